The molecule has 6 heteroatoms. The van der Waals surface area contributed by atoms with Crippen LogP contribution in [0.1, 0.15) is 33.5 Å². The number of rotatable bonds is 2. The van der Waals surface area contributed by atoms with Crippen LogP contribution in [0.25, 0.3) is 0 Å². The van der Waals surface area contributed by atoms with Gasteiger partial charge in [-0.25, -0.2) is 0 Å². The average molecular weight is 392 g/mol. The van der Waals surface area contributed by atoms with Crippen LogP contribution in [0.5, 0.6) is 0 Å². The SMILES string of the molecule is CN1C(=O)CO[C@@H]2CN(C(=O)c3cccc4c3COC4)CC[C@]21c1ccccc1. The minimum absolute atomic E-state index is 0.0113. The number of piperidine rings is 1. The minimum atomic E-state index is -0.547. The van der Waals surface area contributed by atoms with Gasteiger partial charge in [-0.1, -0.05) is 42.5 Å². The van der Waals surface area contributed by atoms with Crippen LogP contribution in [-0.4, -0.2) is 54.5 Å². The molecule has 3 aliphatic heterocycles. The first kappa shape index (κ1) is 18.3. The molecule has 0 bridgehead atoms. The van der Waals surface area contributed by atoms with Crippen LogP contribution < -0.4 is 0 Å². The summed E-state index contributed by atoms with van der Waals surface area (Å²) in [7, 11) is 1.85. The Bertz CT molecular complexity index is 961. The quantitative estimate of drug-likeness (QED) is 0.787. The van der Waals surface area contributed by atoms with Crippen molar-refractivity contribution in [1.82, 2.24) is 9.80 Å². The monoisotopic (exact) mass is 392 g/mol. The van der Waals surface area contributed by atoms with Crippen molar-refractivity contribution in [3.8, 4) is 0 Å². The molecule has 150 valence electrons. The first-order valence-electron chi connectivity index (χ1n) is 10.0. The second kappa shape index (κ2) is 6.97. The van der Waals surface area contributed by atoms with E-state index in [0.717, 1.165) is 16.7 Å². The molecule has 2 fully saturated rings. The van der Waals surface area contributed by atoms with Gasteiger partial charge in [0, 0.05) is 25.7 Å². The zero-order valence-corrected chi connectivity index (χ0v) is 16.5. The van der Waals surface area contributed by atoms with Gasteiger partial charge >= 0.3 is 0 Å². The molecular formula is C23H24N2O4. The van der Waals surface area contributed by atoms with Gasteiger partial charge in [-0.2, -0.15) is 0 Å². The summed E-state index contributed by atoms with van der Waals surface area (Å²) in [6.07, 6.45) is 0.375. The number of ether oxygens (including phenoxy) is 2. The molecular weight excluding hydrogens is 368 g/mol. The number of likely N-dealkylation sites (N-methyl/N-ethyl adjacent to an activating group) is 1. The second-order valence-electron chi connectivity index (χ2n) is 7.98. The molecule has 2 amide bonds. The predicted octanol–water partition coefficient (Wildman–Crippen LogP) is 2.32. The Balaban J connectivity index is 1.47. The highest BCUT2D eigenvalue weighted by atomic mass is 16.5. The molecule has 2 atom stereocenters. The molecule has 3 heterocycles. The minimum Gasteiger partial charge on any atom is -0.372 e. The van der Waals surface area contributed by atoms with E-state index in [1.165, 1.54) is 0 Å². The number of benzene rings is 2. The molecule has 0 N–H and O–H groups in total. The number of nitrogens with zero attached hydrogens (tertiary/aromatic N) is 2. The van der Waals surface area contributed by atoms with Crippen molar-refractivity contribution in [1.29, 1.82) is 0 Å². The number of likely N-dealkylation sites (tertiary alicyclic amines) is 1. The fourth-order valence-corrected chi connectivity index (χ4v) is 4.98. The van der Waals surface area contributed by atoms with Gasteiger partial charge in [0.1, 0.15) is 12.7 Å². The van der Waals surface area contributed by atoms with Crippen molar-refractivity contribution >= 4 is 11.8 Å². The molecule has 5 rings (SSSR count). The fourth-order valence-electron chi connectivity index (χ4n) is 4.98. The van der Waals surface area contributed by atoms with E-state index in [1.54, 1.807) is 0 Å². The fraction of sp³-hybridized carbons (Fsp3) is 0.391. The zero-order chi connectivity index (χ0) is 20.0. The summed E-state index contributed by atoms with van der Waals surface area (Å²) < 4.78 is 11.6. The van der Waals surface area contributed by atoms with E-state index < -0.39 is 5.54 Å². The first-order valence-corrected chi connectivity index (χ1v) is 10.0. The van der Waals surface area contributed by atoms with E-state index in [1.807, 2.05) is 65.4 Å². The summed E-state index contributed by atoms with van der Waals surface area (Å²) >= 11 is 0. The molecule has 0 radical (unpaired) electrons. The Morgan fingerprint density at radius 1 is 1.07 bits per heavy atom. The first-order chi connectivity index (χ1) is 14.1. The smallest absolute Gasteiger partial charge is 0.254 e. The molecule has 0 spiro atoms. The standard InChI is InChI=1S/C23H24N2O4/c1-24-21(26)15-29-20-12-25(11-10-23(20,24)17-7-3-2-4-8-17)22(27)18-9-5-6-16-13-28-14-19(16)18/h2-9,20H,10-15H2,1H3/t20-,23+/m1/s1. The highest BCUT2D eigenvalue weighted by Gasteiger charge is 2.53. The van der Waals surface area contributed by atoms with E-state index in [-0.39, 0.29) is 24.5 Å². The van der Waals surface area contributed by atoms with E-state index in [0.29, 0.717) is 38.3 Å². The third-order valence-corrected chi connectivity index (χ3v) is 6.63. The van der Waals surface area contributed by atoms with Crippen LogP contribution in [0.15, 0.2) is 48.5 Å². The topological polar surface area (TPSA) is 59.1 Å². The maximum Gasteiger partial charge on any atom is 0.254 e. The number of hydrogen-bond donors (Lipinski definition) is 0. The van der Waals surface area contributed by atoms with Gasteiger partial charge in [-0.15, -0.1) is 0 Å². The summed E-state index contributed by atoms with van der Waals surface area (Å²) in [6, 6.07) is 15.8. The molecule has 2 saturated heterocycles. The van der Waals surface area contributed by atoms with E-state index in [2.05, 4.69) is 0 Å². The molecule has 0 unspecified atom stereocenters. The molecule has 2 aromatic carbocycles. The van der Waals surface area contributed by atoms with Crippen LogP contribution in [0.2, 0.25) is 0 Å². The van der Waals surface area contributed by atoms with Crippen molar-refractivity contribution in [2.75, 3.05) is 26.7 Å². The van der Waals surface area contributed by atoms with Crippen molar-refractivity contribution in [3.63, 3.8) is 0 Å². The Hall–Kier alpha value is -2.70. The normalized spacial score (nSPS) is 26.2. The summed E-state index contributed by atoms with van der Waals surface area (Å²) in [5.74, 6) is -0.0138. The molecule has 0 aliphatic carbocycles. The summed E-state index contributed by atoms with van der Waals surface area (Å²) in [6.45, 7) is 2.11. The summed E-state index contributed by atoms with van der Waals surface area (Å²) in [4.78, 5) is 29.5. The van der Waals surface area contributed by atoms with E-state index in [4.69, 9.17) is 9.47 Å². The van der Waals surface area contributed by atoms with Crippen molar-refractivity contribution in [2.45, 2.75) is 31.3 Å². The van der Waals surface area contributed by atoms with Crippen LogP contribution in [0.4, 0.5) is 0 Å². The Kier molecular flexibility index (Phi) is 4.41. The molecule has 3 aliphatic rings. The van der Waals surface area contributed by atoms with Crippen LogP contribution in [0, 0.1) is 0 Å². The van der Waals surface area contributed by atoms with Crippen LogP contribution in [0.3, 0.4) is 0 Å². The molecule has 6 nitrogen and oxygen atoms in total. The maximum atomic E-state index is 13.4. The molecule has 0 saturated carbocycles. The van der Waals surface area contributed by atoms with Gasteiger partial charge < -0.3 is 19.3 Å². The van der Waals surface area contributed by atoms with Gasteiger partial charge in [0.05, 0.1) is 18.8 Å². The largest absolute Gasteiger partial charge is 0.372 e. The van der Waals surface area contributed by atoms with Crippen LogP contribution >= 0.6 is 0 Å². The van der Waals surface area contributed by atoms with Crippen molar-refractivity contribution in [3.05, 3.63) is 70.8 Å². The lowest BCUT2D eigenvalue weighted by Gasteiger charge is -2.54. The Morgan fingerprint density at radius 3 is 2.72 bits per heavy atom. The lowest BCUT2D eigenvalue weighted by atomic mass is 9.76. The second-order valence-corrected chi connectivity index (χ2v) is 7.98. The zero-order valence-electron chi connectivity index (χ0n) is 16.5. The highest BCUT2D eigenvalue weighted by molar-refractivity contribution is 5.96. The van der Waals surface area contributed by atoms with Crippen LogP contribution in [-0.2, 0) is 33.0 Å². The predicted molar refractivity (Wildman–Crippen MR) is 106 cm³/mol. The van der Waals surface area contributed by atoms with Gasteiger partial charge in [0.25, 0.3) is 5.91 Å². The summed E-state index contributed by atoms with van der Waals surface area (Å²) in [5.41, 5.74) is 3.31. The third kappa shape index (κ3) is 2.78. The molecule has 2 aromatic rings. The third-order valence-electron chi connectivity index (χ3n) is 6.63. The highest BCUT2D eigenvalue weighted by Crippen LogP contribution is 2.42. The maximum absolute atomic E-state index is 13.4. The number of carbonyl (C=O) groups excluding carboxylic acids is 2. The molecule has 29 heavy (non-hydrogen) atoms. The lowest BCUT2D eigenvalue weighted by molar-refractivity contribution is -0.180. The number of hydrogen-bond acceptors (Lipinski definition) is 4. The van der Waals surface area contributed by atoms with E-state index in [9.17, 15) is 9.59 Å². The molecule has 0 aromatic heterocycles. The van der Waals surface area contributed by atoms with Crippen molar-refractivity contribution in [2.24, 2.45) is 0 Å². The lowest BCUT2D eigenvalue weighted by Crippen LogP contribution is -2.67. The van der Waals surface area contributed by atoms with Crippen molar-refractivity contribution < 1.29 is 19.1 Å². The number of morpholine rings is 1. The number of fused-ring (bicyclic) bond motifs is 2. The van der Waals surface area contributed by atoms with Gasteiger partial charge in [0.2, 0.25) is 5.91 Å². The number of amides is 2. The Labute approximate surface area is 170 Å². The van der Waals surface area contributed by atoms with Gasteiger partial charge in [0.15, 0.2) is 0 Å². The van der Waals surface area contributed by atoms with Gasteiger partial charge in [-0.05, 0) is 29.2 Å². The number of carbonyl (C=O) groups is 2. The summed E-state index contributed by atoms with van der Waals surface area (Å²) in [5, 5.41) is 0. The van der Waals surface area contributed by atoms with Gasteiger partial charge in [-0.3, -0.25) is 9.59 Å². The Morgan fingerprint density at radius 2 is 1.90 bits per heavy atom. The average Bonchev–Trinajstić information content (AvgIpc) is 3.25. The van der Waals surface area contributed by atoms with E-state index >= 15 is 0 Å².